The number of aromatic nitrogens is 4. The predicted octanol–water partition coefficient (Wildman–Crippen LogP) is 4.91. The highest BCUT2D eigenvalue weighted by Crippen LogP contribution is 2.29. The lowest BCUT2D eigenvalue weighted by atomic mass is 10.1. The van der Waals surface area contributed by atoms with Gasteiger partial charge in [-0.1, -0.05) is 42.9 Å². The van der Waals surface area contributed by atoms with Gasteiger partial charge in [0.2, 0.25) is 0 Å². The molecule has 4 rings (SSSR count). The van der Waals surface area contributed by atoms with E-state index >= 15 is 0 Å². The number of thiazole rings is 1. The molecule has 0 atom stereocenters. The van der Waals surface area contributed by atoms with Crippen LogP contribution in [-0.4, -0.2) is 25.7 Å². The fraction of sp³-hybridized carbons (Fsp3) is 0.158. The number of pyridine rings is 1. The minimum atomic E-state index is -0.244. The Morgan fingerprint density at radius 1 is 1.26 bits per heavy atom. The maximum atomic E-state index is 12.9. The van der Waals surface area contributed by atoms with E-state index in [0.717, 1.165) is 15.9 Å². The molecule has 8 heteroatoms. The summed E-state index contributed by atoms with van der Waals surface area (Å²) in [6.45, 7) is 4.04. The number of fused-ring (bicyclic) bond motifs is 1. The predicted molar refractivity (Wildman–Crippen MR) is 108 cm³/mol. The maximum Gasteiger partial charge on any atom is 0.260 e. The van der Waals surface area contributed by atoms with Gasteiger partial charge in [0.25, 0.3) is 5.91 Å². The van der Waals surface area contributed by atoms with Crippen LogP contribution in [0.2, 0.25) is 5.02 Å². The van der Waals surface area contributed by atoms with Gasteiger partial charge < -0.3 is 0 Å². The summed E-state index contributed by atoms with van der Waals surface area (Å²) in [6, 6.07) is 11.0. The van der Waals surface area contributed by atoms with Crippen LogP contribution in [0.1, 0.15) is 35.8 Å². The lowest BCUT2D eigenvalue weighted by Gasteiger charge is -2.11. The first-order valence-electron chi connectivity index (χ1n) is 8.39. The minimum absolute atomic E-state index is 0.0874. The molecular formula is C19H16ClN5OS. The van der Waals surface area contributed by atoms with Crippen molar-refractivity contribution in [2.75, 3.05) is 5.32 Å². The maximum absolute atomic E-state index is 12.9. The van der Waals surface area contributed by atoms with Gasteiger partial charge in [0.05, 0.1) is 27.7 Å². The van der Waals surface area contributed by atoms with Crippen molar-refractivity contribution in [2.45, 2.75) is 19.8 Å². The zero-order chi connectivity index (χ0) is 19.0. The van der Waals surface area contributed by atoms with Crippen molar-refractivity contribution in [3.05, 3.63) is 65.1 Å². The van der Waals surface area contributed by atoms with Crippen molar-refractivity contribution in [3.63, 3.8) is 0 Å². The molecule has 0 unspecified atom stereocenters. The van der Waals surface area contributed by atoms with Gasteiger partial charge in [-0.15, -0.1) is 0 Å². The first-order valence-corrected chi connectivity index (χ1v) is 9.59. The smallest absolute Gasteiger partial charge is 0.260 e. The summed E-state index contributed by atoms with van der Waals surface area (Å²) in [6.07, 6.45) is 3.27. The third-order valence-electron chi connectivity index (χ3n) is 4.04. The van der Waals surface area contributed by atoms with E-state index < -0.39 is 0 Å². The molecule has 0 saturated heterocycles. The highest BCUT2D eigenvalue weighted by atomic mass is 35.5. The highest BCUT2D eigenvalue weighted by Gasteiger charge is 2.22. The molecule has 1 amide bonds. The van der Waals surface area contributed by atoms with Crippen LogP contribution in [0.4, 0.5) is 5.13 Å². The summed E-state index contributed by atoms with van der Waals surface area (Å²) >= 11 is 7.41. The largest absolute Gasteiger partial charge is 0.298 e. The molecule has 1 N–H and O–H groups in total. The molecule has 0 saturated carbocycles. The third-order valence-corrected chi connectivity index (χ3v) is 5.20. The number of carbonyl (C=O) groups is 1. The Morgan fingerprint density at radius 3 is 2.85 bits per heavy atom. The molecule has 0 aliphatic heterocycles. The lowest BCUT2D eigenvalue weighted by molar-refractivity contribution is 0.102. The summed E-state index contributed by atoms with van der Waals surface area (Å²) in [7, 11) is 0. The standard InChI is InChI=1S/C19H16ClN5OS/c1-11(2)17-13(10-22-25(17)16-5-3-4-8-21-16)18(26)24-19-23-14-7-6-12(20)9-15(14)27-19/h3-11H,1-2H3,(H,23,24,26). The van der Waals surface area contributed by atoms with Gasteiger partial charge in [0.1, 0.15) is 0 Å². The Bertz CT molecular complexity index is 1120. The van der Waals surface area contributed by atoms with E-state index in [0.29, 0.717) is 21.5 Å². The molecule has 0 radical (unpaired) electrons. The van der Waals surface area contributed by atoms with E-state index in [1.807, 2.05) is 44.2 Å². The first kappa shape index (κ1) is 17.6. The molecule has 3 heterocycles. The molecule has 0 aliphatic rings. The summed E-state index contributed by atoms with van der Waals surface area (Å²) in [5, 5.41) is 8.43. The first-order chi connectivity index (χ1) is 13.0. The number of amides is 1. The second-order valence-corrected chi connectivity index (χ2v) is 7.75. The van der Waals surface area contributed by atoms with Gasteiger partial charge in [0.15, 0.2) is 10.9 Å². The number of anilines is 1. The molecule has 3 aromatic heterocycles. The fourth-order valence-electron chi connectivity index (χ4n) is 2.87. The quantitative estimate of drug-likeness (QED) is 0.531. The molecule has 0 fully saturated rings. The summed E-state index contributed by atoms with van der Waals surface area (Å²) in [5.74, 6) is 0.519. The molecule has 136 valence electrons. The lowest BCUT2D eigenvalue weighted by Crippen LogP contribution is -2.15. The van der Waals surface area contributed by atoms with Crippen LogP contribution in [0.15, 0.2) is 48.8 Å². The van der Waals surface area contributed by atoms with Gasteiger partial charge in [-0.3, -0.25) is 10.1 Å². The van der Waals surface area contributed by atoms with Crippen molar-refractivity contribution in [2.24, 2.45) is 0 Å². The van der Waals surface area contributed by atoms with E-state index in [4.69, 9.17) is 11.6 Å². The van der Waals surface area contributed by atoms with Crippen molar-refractivity contribution in [1.29, 1.82) is 0 Å². The van der Waals surface area contributed by atoms with E-state index in [-0.39, 0.29) is 11.8 Å². The molecule has 27 heavy (non-hydrogen) atoms. The molecular weight excluding hydrogens is 382 g/mol. The molecule has 1 aromatic carbocycles. The fourth-order valence-corrected chi connectivity index (χ4v) is 4.00. The van der Waals surface area contributed by atoms with Gasteiger partial charge in [-0.05, 0) is 36.2 Å². The van der Waals surface area contributed by atoms with E-state index in [1.54, 1.807) is 23.1 Å². The van der Waals surface area contributed by atoms with Crippen LogP contribution in [0.25, 0.3) is 16.0 Å². The van der Waals surface area contributed by atoms with Crippen LogP contribution in [0.3, 0.4) is 0 Å². The van der Waals surface area contributed by atoms with Gasteiger partial charge in [0, 0.05) is 11.2 Å². The van der Waals surface area contributed by atoms with E-state index in [9.17, 15) is 4.79 Å². The molecule has 4 aromatic rings. The van der Waals surface area contributed by atoms with Crippen LogP contribution in [0, 0.1) is 0 Å². The van der Waals surface area contributed by atoms with Crippen molar-refractivity contribution < 1.29 is 4.79 Å². The van der Waals surface area contributed by atoms with E-state index in [2.05, 4.69) is 20.4 Å². The summed E-state index contributed by atoms with van der Waals surface area (Å²) in [4.78, 5) is 21.7. The molecule has 0 spiro atoms. The van der Waals surface area contributed by atoms with Gasteiger partial charge in [-0.2, -0.15) is 5.10 Å². The minimum Gasteiger partial charge on any atom is -0.298 e. The Hall–Kier alpha value is -2.77. The molecule has 0 aliphatic carbocycles. The number of hydrogen-bond donors (Lipinski definition) is 1. The third kappa shape index (κ3) is 3.43. The second-order valence-electron chi connectivity index (χ2n) is 6.28. The van der Waals surface area contributed by atoms with Crippen molar-refractivity contribution >= 4 is 44.2 Å². The number of halogens is 1. The van der Waals surface area contributed by atoms with Gasteiger partial charge in [-0.25, -0.2) is 14.6 Å². The monoisotopic (exact) mass is 397 g/mol. The van der Waals surface area contributed by atoms with Crippen LogP contribution >= 0.6 is 22.9 Å². The van der Waals surface area contributed by atoms with Crippen molar-refractivity contribution in [3.8, 4) is 5.82 Å². The molecule has 6 nitrogen and oxygen atoms in total. The zero-order valence-electron chi connectivity index (χ0n) is 14.7. The highest BCUT2D eigenvalue weighted by molar-refractivity contribution is 7.22. The zero-order valence-corrected chi connectivity index (χ0v) is 16.3. The summed E-state index contributed by atoms with van der Waals surface area (Å²) < 4.78 is 2.63. The second kappa shape index (κ2) is 7.09. The summed E-state index contributed by atoms with van der Waals surface area (Å²) in [5.41, 5.74) is 2.11. The number of benzene rings is 1. The number of hydrogen-bond acceptors (Lipinski definition) is 5. The van der Waals surface area contributed by atoms with Crippen LogP contribution < -0.4 is 5.32 Å². The average Bonchev–Trinajstić information content (AvgIpc) is 3.25. The Kier molecular flexibility index (Phi) is 4.63. The number of nitrogens with zero attached hydrogens (tertiary/aromatic N) is 4. The van der Waals surface area contributed by atoms with Crippen LogP contribution in [-0.2, 0) is 0 Å². The van der Waals surface area contributed by atoms with Crippen LogP contribution in [0.5, 0.6) is 0 Å². The van der Waals surface area contributed by atoms with Gasteiger partial charge >= 0.3 is 0 Å². The van der Waals surface area contributed by atoms with Crippen molar-refractivity contribution in [1.82, 2.24) is 19.7 Å². The normalized spacial score (nSPS) is 11.3. The number of carbonyl (C=O) groups excluding carboxylic acids is 1. The Morgan fingerprint density at radius 2 is 2.11 bits per heavy atom. The number of nitrogens with one attached hydrogen (secondary N) is 1. The Labute approximate surface area is 164 Å². The SMILES string of the molecule is CC(C)c1c(C(=O)Nc2nc3ccc(Cl)cc3s2)cnn1-c1ccccn1. The average molecular weight is 398 g/mol. The topological polar surface area (TPSA) is 72.7 Å². The molecule has 0 bridgehead atoms. The van der Waals surface area contributed by atoms with E-state index in [1.165, 1.54) is 11.3 Å². The Balaban J connectivity index is 1.68. The number of rotatable bonds is 4.